The molecule has 0 saturated heterocycles. The van der Waals surface area contributed by atoms with E-state index in [2.05, 4.69) is 21.3 Å². The van der Waals surface area contributed by atoms with Crippen molar-refractivity contribution in [1.29, 1.82) is 0 Å². The van der Waals surface area contributed by atoms with Crippen molar-refractivity contribution >= 4 is 80.6 Å². The summed E-state index contributed by atoms with van der Waals surface area (Å²) in [6.45, 7) is 1.99. The topological polar surface area (TPSA) is 48.1 Å². The molecular formula is C21H18Cl2N4S2. The van der Waals surface area contributed by atoms with Gasteiger partial charge in [0, 0.05) is 32.8 Å². The molecule has 0 aliphatic heterocycles. The Balaban J connectivity index is 1.63. The third-order valence-corrected chi connectivity index (χ3v) is 4.95. The van der Waals surface area contributed by atoms with E-state index in [1.54, 1.807) is 24.3 Å². The molecule has 0 amide bonds. The third kappa shape index (κ3) is 6.30. The molecule has 4 nitrogen and oxygen atoms in total. The summed E-state index contributed by atoms with van der Waals surface area (Å²) in [6, 6.07) is 20.5. The Morgan fingerprint density at radius 1 is 0.621 bits per heavy atom. The van der Waals surface area contributed by atoms with Crippen molar-refractivity contribution in [3.05, 3.63) is 82.3 Å². The number of rotatable bonds is 4. The van der Waals surface area contributed by atoms with Gasteiger partial charge in [-0.25, -0.2) is 0 Å². The van der Waals surface area contributed by atoms with Gasteiger partial charge in [0.25, 0.3) is 0 Å². The van der Waals surface area contributed by atoms with E-state index in [1.165, 1.54) is 0 Å². The number of hydrogen-bond acceptors (Lipinski definition) is 2. The highest BCUT2D eigenvalue weighted by atomic mass is 35.5. The molecule has 148 valence electrons. The summed E-state index contributed by atoms with van der Waals surface area (Å²) < 4.78 is 0. The van der Waals surface area contributed by atoms with E-state index in [9.17, 15) is 0 Å². The number of hydrogen-bond donors (Lipinski definition) is 4. The summed E-state index contributed by atoms with van der Waals surface area (Å²) in [6.07, 6.45) is 0. The number of thiocarbonyl (C=S) groups is 2. The zero-order valence-electron chi connectivity index (χ0n) is 15.4. The van der Waals surface area contributed by atoms with Gasteiger partial charge in [0.15, 0.2) is 10.2 Å². The van der Waals surface area contributed by atoms with E-state index in [-0.39, 0.29) is 0 Å². The van der Waals surface area contributed by atoms with Crippen molar-refractivity contribution in [3.63, 3.8) is 0 Å². The van der Waals surface area contributed by atoms with Crippen molar-refractivity contribution in [2.75, 3.05) is 21.3 Å². The molecule has 4 N–H and O–H groups in total. The van der Waals surface area contributed by atoms with Gasteiger partial charge in [-0.05, 0) is 97.6 Å². The van der Waals surface area contributed by atoms with E-state index in [0.29, 0.717) is 20.3 Å². The maximum atomic E-state index is 5.91. The molecular weight excluding hydrogens is 443 g/mol. The van der Waals surface area contributed by atoms with Crippen LogP contribution in [-0.2, 0) is 0 Å². The van der Waals surface area contributed by atoms with Crippen molar-refractivity contribution in [2.24, 2.45) is 0 Å². The number of halogens is 2. The van der Waals surface area contributed by atoms with Crippen LogP contribution in [0.4, 0.5) is 22.7 Å². The molecule has 0 radical (unpaired) electrons. The summed E-state index contributed by atoms with van der Waals surface area (Å²) in [4.78, 5) is 0. The summed E-state index contributed by atoms with van der Waals surface area (Å²) in [5, 5.41) is 15.0. The van der Waals surface area contributed by atoms with Crippen LogP contribution in [-0.4, -0.2) is 10.2 Å². The van der Waals surface area contributed by atoms with Crippen LogP contribution in [0.15, 0.2) is 66.7 Å². The highest BCUT2D eigenvalue weighted by molar-refractivity contribution is 7.81. The lowest BCUT2D eigenvalue weighted by atomic mass is 10.1. The average Bonchev–Trinajstić information content (AvgIpc) is 2.68. The van der Waals surface area contributed by atoms with Crippen LogP contribution in [0.1, 0.15) is 5.56 Å². The fraction of sp³-hybridized carbons (Fsp3) is 0.0476. The minimum absolute atomic E-state index is 0.481. The van der Waals surface area contributed by atoms with Crippen molar-refractivity contribution in [1.82, 2.24) is 0 Å². The first kappa shape index (κ1) is 21.3. The Labute approximate surface area is 190 Å². The Hall–Kier alpha value is -2.38. The Morgan fingerprint density at radius 3 is 1.38 bits per heavy atom. The Kier molecular flexibility index (Phi) is 7.28. The van der Waals surface area contributed by atoms with E-state index < -0.39 is 0 Å². The second kappa shape index (κ2) is 9.89. The number of benzene rings is 3. The van der Waals surface area contributed by atoms with Crippen LogP contribution < -0.4 is 21.3 Å². The molecule has 0 aliphatic carbocycles. The molecule has 3 aromatic carbocycles. The molecule has 8 heteroatoms. The summed E-state index contributed by atoms with van der Waals surface area (Å²) >= 11 is 22.7. The van der Waals surface area contributed by atoms with E-state index in [0.717, 1.165) is 28.3 Å². The molecule has 0 fully saturated rings. The van der Waals surface area contributed by atoms with E-state index >= 15 is 0 Å². The third-order valence-electron chi connectivity index (χ3n) is 4.03. The minimum Gasteiger partial charge on any atom is -0.332 e. The fourth-order valence-corrected chi connectivity index (χ4v) is 3.25. The molecule has 0 bridgehead atoms. The molecule has 0 aliphatic rings. The van der Waals surface area contributed by atoms with Gasteiger partial charge in [0.2, 0.25) is 0 Å². The lowest BCUT2D eigenvalue weighted by molar-refractivity contribution is 1.44. The quantitative estimate of drug-likeness (QED) is 0.317. The second-order valence-corrected chi connectivity index (χ2v) is 7.84. The van der Waals surface area contributed by atoms with Crippen LogP contribution in [0.5, 0.6) is 0 Å². The molecule has 0 spiro atoms. The van der Waals surface area contributed by atoms with Crippen LogP contribution >= 0.6 is 47.6 Å². The van der Waals surface area contributed by atoms with Crippen molar-refractivity contribution < 1.29 is 0 Å². The molecule has 3 rings (SSSR count). The van der Waals surface area contributed by atoms with E-state index in [4.69, 9.17) is 47.6 Å². The molecule has 0 saturated carbocycles. The smallest absolute Gasteiger partial charge is 0.175 e. The monoisotopic (exact) mass is 460 g/mol. The summed E-state index contributed by atoms with van der Waals surface area (Å²) in [5.41, 5.74) is 4.43. The number of nitrogens with one attached hydrogen (secondary N) is 4. The first-order valence-electron chi connectivity index (χ1n) is 8.67. The first-order chi connectivity index (χ1) is 13.9. The lowest BCUT2D eigenvalue weighted by Gasteiger charge is -2.17. The lowest BCUT2D eigenvalue weighted by Crippen LogP contribution is -2.21. The predicted octanol–water partition coefficient (Wildman–Crippen LogP) is 6.92. The highest BCUT2D eigenvalue weighted by Crippen LogP contribution is 2.24. The maximum absolute atomic E-state index is 5.91. The standard InChI is InChI=1S/C21H18Cl2N4S2/c1-13-18(26-20(28)24-16-9-5-14(22)6-10-16)3-2-4-19(13)27-21(29)25-17-11-7-15(23)8-12-17/h2-12H,1H3,(H2,24,26,28)(H2,25,27,29). The van der Waals surface area contributed by atoms with Crippen LogP contribution in [0, 0.1) is 6.92 Å². The van der Waals surface area contributed by atoms with Gasteiger partial charge in [-0.3, -0.25) is 0 Å². The normalized spacial score (nSPS) is 10.2. The SMILES string of the molecule is Cc1c(NC(=S)Nc2ccc(Cl)cc2)cccc1NC(=S)Nc1ccc(Cl)cc1. The van der Waals surface area contributed by atoms with Gasteiger partial charge >= 0.3 is 0 Å². The largest absolute Gasteiger partial charge is 0.332 e. The summed E-state index contributed by atoms with van der Waals surface area (Å²) in [5.74, 6) is 0. The number of anilines is 4. The van der Waals surface area contributed by atoms with Gasteiger partial charge in [0.1, 0.15) is 0 Å². The van der Waals surface area contributed by atoms with Gasteiger partial charge in [-0.2, -0.15) is 0 Å². The molecule has 0 heterocycles. The molecule has 0 atom stereocenters. The maximum Gasteiger partial charge on any atom is 0.175 e. The Bertz CT molecular complexity index is 942. The summed E-state index contributed by atoms with van der Waals surface area (Å²) in [7, 11) is 0. The Morgan fingerprint density at radius 2 is 1.00 bits per heavy atom. The molecule has 3 aromatic rings. The van der Waals surface area contributed by atoms with E-state index in [1.807, 2.05) is 49.4 Å². The molecule has 29 heavy (non-hydrogen) atoms. The fourth-order valence-electron chi connectivity index (χ4n) is 2.54. The van der Waals surface area contributed by atoms with Crippen LogP contribution in [0.25, 0.3) is 0 Å². The molecule has 0 unspecified atom stereocenters. The highest BCUT2D eigenvalue weighted by Gasteiger charge is 2.08. The van der Waals surface area contributed by atoms with Crippen LogP contribution in [0.3, 0.4) is 0 Å². The zero-order chi connectivity index (χ0) is 20.8. The van der Waals surface area contributed by atoms with Gasteiger partial charge in [0.05, 0.1) is 0 Å². The zero-order valence-corrected chi connectivity index (χ0v) is 18.6. The average molecular weight is 461 g/mol. The first-order valence-corrected chi connectivity index (χ1v) is 10.2. The van der Waals surface area contributed by atoms with Gasteiger partial charge < -0.3 is 21.3 Å². The molecule has 0 aromatic heterocycles. The van der Waals surface area contributed by atoms with Gasteiger partial charge in [-0.1, -0.05) is 29.3 Å². The van der Waals surface area contributed by atoms with Gasteiger partial charge in [-0.15, -0.1) is 0 Å². The van der Waals surface area contributed by atoms with Crippen LogP contribution in [0.2, 0.25) is 10.0 Å². The second-order valence-electron chi connectivity index (χ2n) is 6.15. The van der Waals surface area contributed by atoms with Crippen molar-refractivity contribution in [3.8, 4) is 0 Å². The predicted molar refractivity (Wildman–Crippen MR) is 134 cm³/mol. The minimum atomic E-state index is 0.481. The van der Waals surface area contributed by atoms with Crippen molar-refractivity contribution in [2.45, 2.75) is 6.92 Å².